The number of rotatable bonds is 7. The maximum absolute atomic E-state index is 5.97. The van der Waals surface area contributed by atoms with E-state index in [-0.39, 0.29) is 0 Å². The summed E-state index contributed by atoms with van der Waals surface area (Å²) >= 11 is 7.50. The van der Waals surface area contributed by atoms with Crippen molar-refractivity contribution in [2.24, 2.45) is 0 Å². The molecule has 0 amide bonds. The first kappa shape index (κ1) is 21.3. The highest BCUT2D eigenvalue weighted by atomic mass is 35.5. The number of halogens is 1. The van der Waals surface area contributed by atoms with E-state index in [0.717, 1.165) is 28.3 Å². The molecule has 0 aliphatic rings. The minimum absolute atomic E-state index is 0.508. The Hall–Kier alpha value is -2.97. The molecule has 0 unspecified atom stereocenters. The van der Waals surface area contributed by atoms with E-state index in [0.29, 0.717) is 33.2 Å². The molecule has 0 fully saturated rings. The molecule has 0 N–H and O–H groups in total. The molecule has 0 aliphatic carbocycles. The van der Waals surface area contributed by atoms with Gasteiger partial charge < -0.3 is 14.2 Å². The van der Waals surface area contributed by atoms with Crippen LogP contribution in [0.3, 0.4) is 0 Å². The van der Waals surface area contributed by atoms with Crippen molar-refractivity contribution in [2.75, 3.05) is 21.3 Å². The second-order valence-corrected chi connectivity index (χ2v) is 8.09. The van der Waals surface area contributed by atoms with E-state index in [1.807, 2.05) is 49.4 Å². The summed E-state index contributed by atoms with van der Waals surface area (Å²) in [5, 5.41) is 6.03. The van der Waals surface area contributed by atoms with Crippen LogP contribution in [0.1, 0.15) is 11.3 Å². The first-order chi connectivity index (χ1) is 15.0. The van der Waals surface area contributed by atoms with Gasteiger partial charge >= 0.3 is 0 Å². The maximum atomic E-state index is 5.97. The fraction of sp³-hybridized carbons (Fsp3) is 0.227. The number of nitrogens with zero attached hydrogens (tertiary/aromatic N) is 4. The molecule has 31 heavy (non-hydrogen) atoms. The van der Waals surface area contributed by atoms with E-state index >= 15 is 0 Å². The first-order valence-corrected chi connectivity index (χ1v) is 10.8. The molecular formula is C22H21ClN4O3S. The molecule has 0 radical (unpaired) electrons. The van der Waals surface area contributed by atoms with E-state index in [1.165, 1.54) is 11.8 Å². The number of hydrogen-bond acceptors (Lipinski definition) is 7. The molecule has 0 saturated heterocycles. The third-order valence-electron chi connectivity index (χ3n) is 4.67. The summed E-state index contributed by atoms with van der Waals surface area (Å²) in [6.45, 7) is 1.92. The zero-order chi connectivity index (χ0) is 22.0. The fourth-order valence-electron chi connectivity index (χ4n) is 3.19. The molecule has 0 spiro atoms. The predicted octanol–water partition coefficient (Wildman–Crippen LogP) is 5.07. The lowest BCUT2D eigenvalue weighted by Gasteiger charge is -2.16. The molecule has 0 aliphatic heterocycles. The summed E-state index contributed by atoms with van der Waals surface area (Å²) in [5.41, 5.74) is 3.46. The van der Waals surface area contributed by atoms with Crippen molar-refractivity contribution in [2.45, 2.75) is 17.8 Å². The van der Waals surface area contributed by atoms with E-state index in [2.05, 4.69) is 9.97 Å². The van der Waals surface area contributed by atoms with Gasteiger partial charge in [0.25, 0.3) is 5.78 Å². The van der Waals surface area contributed by atoms with Crippen LogP contribution in [0, 0.1) is 6.92 Å². The predicted molar refractivity (Wildman–Crippen MR) is 122 cm³/mol. The Morgan fingerprint density at radius 2 is 1.61 bits per heavy atom. The lowest BCUT2D eigenvalue weighted by molar-refractivity contribution is 0.377. The Morgan fingerprint density at radius 1 is 0.935 bits per heavy atom. The normalized spacial score (nSPS) is 11.0. The Morgan fingerprint density at radius 3 is 2.23 bits per heavy atom. The summed E-state index contributed by atoms with van der Waals surface area (Å²) in [6, 6.07) is 13.3. The second kappa shape index (κ2) is 9.03. The van der Waals surface area contributed by atoms with Crippen molar-refractivity contribution in [3.8, 4) is 28.5 Å². The first-order valence-electron chi connectivity index (χ1n) is 9.44. The molecule has 0 saturated carbocycles. The van der Waals surface area contributed by atoms with Crippen molar-refractivity contribution in [1.29, 1.82) is 0 Å². The van der Waals surface area contributed by atoms with Crippen LogP contribution >= 0.6 is 23.4 Å². The summed E-state index contributed by atoms with van der Waals surface area (Å²) in [4.78, 5) is 9.15. The van der Waals surface area contributed by atoms with E-state index < -0.39 is 0 Å². The Kier molecular flexibility index (Phi) is 6.20. The number of hydrogen-bond donors (Lipinski definition) is 0. The van der Waals surface area contributed by atoms with Gasteiger partial charge in [-0.25, -0.2) is 4.98 Å². The van der Waals surface area contributed by atoms with Crippen molar-refractivity contribution in [1.82, 2.24) is 19.6 Å². The zero-order valence-corrected chi connectivity index (χ0v) is 19.1. The number of methoxy groups -OCH3 is 3. The number of thioether (sulfide) groups is 1. The average Bonchev–Trinajstić information content (AvgIpc) is 3.19. The highest BCUT2D eigenvalue weighted by Crippen LogP contribution is 2.42. The number of aryl methyl sites for hydroxylation is 1. The van der Waals surface area contributed by atoms with Crippen molar-refractivity contribution in [3.05, 3.63) is 58.7 Å². The molecule has 0 atom stereocenters. The molecule has 9 heteroatoms. The highest BCUT2D eigenvalue weighted by molar-refractivity contribution is 7.98. The Balaban J connectivity index is 1.78. The monoisotopic (exact) mass is 456 g/mol. The quantitative estimate of drug-likeness (QED) is 0.359. The zero-order valence-electron chi connectivity index (χ0n) is 17.5. The van der Waals surface area contributed by atoms with E-state index in [4.69, 9.17) is 30.9 Å². The van der Waals surface area contributed by atoms with Crippen LogP contribution in [-0.2, 0) is 5.75 Å². The number of fused-ring (bicyclic) bond motifs is 1. The summed E-state index contributed by atoms with van der Waals surface area (Å²) in [6.07, 6.45) is 0. The second-order valence-electron chi connectivity index (χ2n) is 6.71. The van der Waals surface area contributed by atoms with E-state index in [1.54, 1.807) is 25.8 Å². The van der Waals surface area contributed by atoms with Crippen LogP contribution < -0.4 is 14.2 Å². The van der Waals surface area contributed by atoms with Gasteiger partial charge in [0.1, 0.15) is 17.2 Å². The van der Waals surface area contributed by atoms with Crippen LogP contribution in [0.5, 0.6) is 17.2 Å². The van der Waals surface area contributed by atoms with Gasteiger partial charge in [0.05, 0.1) is 32.6 Å². The van der Waals surface area contributed by atoms with Crippen LogP contribution in [0.15, 0.2) is 47.6 Å². The number of ether oxygens (including phenoxy) is 3. The van der Waals surface area contributed by atoms with Crippen LogP contribution in [0.25, 0.3) is 17.0 Å². The number of aromatic nitrogens is 4. The lowest BCUT2D eigenvalue weighted by Crippen LogP contribution is -2.02. The van der Waals surface area contributed by atoms with Gasteiger partial charge in [0.2, 0.25) is 5.16 Å². The molecule has 2 aromatic heterocycles. The summed E-state index contributed by atoms with van der Waals surface area (Å²) in [5.74, 6) is 3.08. The molecule has 0 bridgehead atoms. The van der Waals surface area contributed by atoms with Crippen LogP contribution in [-0.4, -0.2) is 40.9 Å². The van der Waals surface area contributed by atoms with Gasteiger partial charge in [-0.2, -0.15) is 9.50 Å². The summed E-state index contributed by atoms with van der Waals surface area (Å²) in [7, 11) is 4.82. The average molecular weight is 457 g/mol. The van der Waals surface area contributed by atoms with Gasteiger partial charge in [0, 0.05) is 28.6 Å². The molecule has 7 nitrogen and oxygen atoms in total. The van der Waals surface area contributed by atoms with Crippen molar-refractivity contribution in [3.63, 3.8) is 0 Å². The van der Waals surface area contributed by atoms with Gasteiger partial charge in [-0.15, -0.1) is 5.10 Å². The molecule has 4 aromatic rings. The van der Waals surface area contributed by atoms with Crippen LogP contribution in [0.2, 0.25) is 5.02 Å². The topological polar surface area (TPSA) is 70.8 Å². The van der Waals surface area contributed by atoms with Crippen molar-refractivity contribution >= 4 is 29.1 Å². The van der Waals surface area contributed by atoms with Gasteiger partial charge in [-0.1, -0.05) is 35.5 Å². The third kappa shape index (κ3) is 4.40. The van der Waals surface area contributed by atoms with Crippen molar-refractivity contribution < 1.29 is 14.2 Å². The fourth-order valence-corrected chi connectivity index (χ4v) is 4.09. The minimum Gasteiger partial charge on any atom is -0.496 e. The molecule has 2 aromatic carbocycles. The summed E-state index contributed by atoms with van der Waals surface area (Å²) < 4.78 is 18.4. The molecule has 2 heterocycles. The molecular weight excluding hydrogens is 436 g/mol. The Labute approximate surface area is 189 Å². The van der Waals surface area contributed by atoms with Crippen LogP contribution in [0.4, 0.5) is 0 Å². The maximum Gasteiger partial charge on any atom is 0.253 e. The standard InChI is InChI=1S/C22H21ClN4O3S/c1-13-9-17(20-18(29-3)10-16(28-2)11-19(20)30-4)27-21(24-13)25-22(26-27)31-12-14-5-7-15(23)8-6-14/h5-11H,12H2,1-4H3. The molecule has 4 rings (SSSR count). The Bertz CT molecular complexity index is 1200. The highest BCUT2D eigenvalue weighted by Gasteiger charge is 2.20. The largest absolute Gasteiger partial charge is 0.496 e. The van der Waals surface area contributed by atoms with E-state index in [9.17, 15) is 0 Å². The van der Waals surface area contributed by atoms with Gasteiger partial charge in [-0.05, 0) is 30.7 Å². The lowest BCUT2D eigenvalue weighted by atomic mass is 10.1. The van der Waals surface area contributed by atoms with Gasteiger partial charge in [-0.3, -0.25) is 0 Å². The molecule has 160 valence electrons. The SMILES string of the molecule is COc1cc(OC)c(-c2cc(C)nc3nc(SCc4ccc(Cl)cc4)nn23)c(OC)c1. The smallest absolute Gasteiger partial charge is 0.253 e. The minimum atomic E-state index is 0.508. The van der Waals surface area contributed by atoms with Gasteiger partial charge in [0.15, 0.2) is 0 Å². The third-order valence-corrected chi connectivity index (χ3v) is 5.83. The number of benzene rings is 2.